The molecule has 0 aliphatic heterocycles. The van der Waals surface area contributed by atoms with Crippen LogP contribution in [0.5, 0.6) is 0 Å². The second kappa shape index (κ2) is 6.90. The maximum absolute atomic E-state index is 11.7. The van der Waals surface area contributed by atoms with Crippen molar-refractivity contribution >= 4 is 17.8 Å². The molecule has 0 saturated carbocycles. The van der Waals surface area contributed by atoms with Gasteiger partial charge in [0.25, 0.3) is 5.69 Å². The number of nitro benzene ring substituents is 1. The number of nitrogens with zero attached hydrogens (tertiary/aromatic N) is 3. The summed E-state index contributed by atoms with van der Waals surface area (Å²) in [7, 11) is 0. The van der Waals surface area contributed by atoms with Crippen LogP contribution in [0.1, 0.15) is 11.1 Å². The quantitative estimate of drug-likeness (QED) is 0.513. The first-order valence-corrected chi connectivity index (χ1v) is 6.10. The summed E-state index contributed by atoms with van der Waals surface area (Å²) in [5.41, 5.74) is 3.89. The van der Waals surface area contributed by atoms with Crippen LogP contribution < -0.4 is 5.43 Å². The van der Waals surface area contributed by atoms with Gasteiger partial charge >= 0.3 is 0 Å². The Kier molecular flexibility index (Phi) is 4.70. The molecule has 0 bridgehead atoms. The van der Waals surface area contributed by atoms with E-state index in [1.807, 2.05) is 0 Å². The number of benzene rings is 1. The van der Waals surface area contributed by atoms with Crippen molar-refractivity contribution in [2.24, 2.45) is 5.10 Å². The van der Waals surface area contributed by atoms with Gasteiger partial charge in [-0.05, 0) is 23.3 Å². The summed E-state index contributed by atoms with van der Waals surface area (Å²) in [4.78, 5) is 25.5. The maximum Gasteiger partial charge on any atom is 0.269 e. The number of non-ortho nitro benzene ring substituents is 1. The van der Waals surface area contributed by atoms with Crippen LogP contribution in [0.15, 0.2) is 53.9 Å². The molecule has 2 aromatic rings. The first-order chi connectivity index (χ1) is 10.1. The molecule has 1 heterocycles. The summed E-state index contributed by atoms with van der Waals surface area (Å²) in [6, 6.07) is 9.33. The number of nitro groups is 1. The van der Waals surface area contributed by atoms with Crippen LogP contribution in [0.25, 0.3) is 0 Å². The van der Waals surface area contributed by atoms with Gasteiger partial charge in [0.1, 0.15) is 0 Å². The van der Waals surface area contributed by atoms with E-state index in [1.165, 1.54) is 18.3 Å². The van der Waals surface area contributed by atoms with Crippen LogP contribution in [-0.4, -0.2) is 22.0 Å². The lowest BCUT2D eigenvalue weighted by atomic mass is 10.1. The number of carbonyl (C=O) groups excluding carboxylic acids is 1. The van der Waals surface area contributed by atoms with Crippen molar-refractivity contribution in [3.63, 3.8) is 0 Å². The van der Waals surface area contributed by atoms with E-state index in [4.69, 9.17) is 0 Å². The summed E-state index contributed by atoms with van der Waals surface area (Å²) in [5, 5.41) is 14.3. The Balaban J connectivity index is 1.87. The zero-order chi connectivity index (χ0) is 15.1. The fourth-order valence-corrected chi connectivity index (χ4v) is 1.59. The van der Waals surface area contributed by atoms with Crippen LogP contribution in [-0.2, 0) is 11.2 Å². The molecule has 0 unspecified atom stereocenters. The molecule has 0 spiro atoms. The van der Waals surface area contributed by atoms with Crippen molar-refractivity contribution in [3.8, 4) is 0 Å². The molecular weight excluding hydrogens is 272 g/mol. The first kappa shape index (κ1) is 14.3. The number of carbonyl (C=O) groups is 1. The average molecular weight is 284 g/mol. The highest BCUT2D eigenvalue weighted by Gasteiger charge is 2.06. The molecule has 7 heteroatoms. The van der Waals surface area contributed by atoms with Gasteiger partial charge in [-0.2, -0.15) is 5.10 Å². The second-order valence-corrected chi connectivity index (χ2v) is 4.17. The van der Waals surface area contributed by atoms with Crippen molar-refractivity contribution in [3.05, 3.63) is 70.0 Å². The predicted octanol–water partition coefficient (Wildman–Crippen LogP) is 1.68. The molecule has 0 aliphatic rings. The standard InChI is InChI=1S/C14H12N4O3/c19-14(17-16-10-12-5-7-15-8-6-12)9-11-1-3-13(4-2-11)18(20)21/h1-8,10H,9H2,(H,17,19)/b16-10-. The number of nitrogens with one attached hydrogen (secondary N) is 1. The van der Waals surface area contributed by atoms with E-state index >= 15 is 0 Å². The number of rotatable bonds is 5. The van der Waals surface area contributed by atoms with Gasteiger partial charge in [0.15, 0.2) is 0 Å². The van der Waals surface area contributed by atoms with Crippen molar-refractivity contribution in [2.45, 2.75) is 6.42 Å². The van der Waals surface area contributed by atoms with E-state index in [0.29, 0.717) is 5.56 Å². The van der Waals surface area contributed by atoms with E-state index in [0.717, 1.165) is 5.56 Å². The van der Waals surface area contributed by atoms with E-state index in [2.05, 4.69) is 15.5 Å². The van der Waals surface area contributed by atoms with Crippen LogP contribution in [0, 0.1) is 10.1 Å². The molecule has 0 fully saturated rings. The molecule has 0 aliphatic carbocycles. The molecule has 106 valence electrons. The molecule has 1 aromatic carbocycles. The number of pyridine rings is 1. The highest BCUT2D eigenvalue weighted by atomic mass is 16.6. The largest absolute Gasteiger partial charge is 0.273 e. The van der Waals surface area contributed by atoms with Crippen LogP contribution in [0.3, 0.4) is 0 Å². The molecular formula is C14H12N4O3. The predicted molar refractivity (Wildman–Crippen MR) is 76.8 cm³/mol. The third kappa shape index (κ3) is 4.50. The highest BCUT2D eigenvalue weighted by Crippen LogP contribution is 2.12. The number of amides is 1. The fourth-order valence-electron chi connectivity index (χ4n) is 1.59. The minimum atomic E-state index is -0.483. The van der Waals surface area contributed by atoms with Gasteiger partial charge in [0.2, 0.25) is 5.91 Å². The lowest BCUT2D eigenvalue weighted by Gasteiger charge is -2.00. The van der Waals surface area contributed by atoms with Gasteiger partial charge in [-0.3, -0.25) is 19.9 Å². The van der Waals surface area contributed by atoms with Gasteiger partial charge in [0, 0.05) is 24.5 Å². The monoisotopic (exact) mass is 284 g/mol. The average Bonchev–Trinajstić information content (AvgIpc) is 2.49. The number of aromatic nitrogens is 1. The topological polar surface area (TPSA) is 97.5 Å². The second-order valence-electron chi connectivity index (χ2n) is 4.17. The van der Waals surface area contributed by atoms with Gasteiger partial charge in [-0.25, -0.2) is 5.43 Å². The Morgan fingerprint density at radius 1 is 1.24 bits per heavy atom. The van der Waals surface area contributed by atoms with E-state index in [-0.39, 0.29) is 18.0 Å². The molecule has 1 aromatic heterocycles. The van der Waals surface area contributed by atoms with E-state index in [9.17, 15) is 14.9 Å². The summed E-state index contributed by atoms with van der Waals surface area (Å²) in [5.74, 6) is -0.297. The third-order valence-electron chi connectivity index (χ3n) is 2.62. The molecule has 1 N–H and O–H groups in total. The summed E-state index contributed by atoms with van der Waals surface area (Å²) < 4.78 is 0. The maximum atomic E-state index is 11.7. The molecule has 0 saturated heterocycles. The molecule has 0 atom stereocenters. The SMILES string of the molecule is O=C(Cc1ccc([N+](=O)[O-])cc1)N/N=C\c1ccncc1. The van der Waals surface area contributed by atoms with Gasteiger partial charge < -0.3 is 0 Å². The fraction of sp³-hybridized carbons (Fsp3) is 0.0714. The Bertz CT molecular complexity index is 654. The van der Waals surface area contributed by atoms with Crippen LogP contribution in [0.4, 0.5) is 5.69 Å². The molecule has 7 nitrogen and oxygen atoms in total. The van der Waals surface area contributed by atoms with Crippen molar-refractivity contribution in [1.82, 2.24) is 10.4 Å². The van der Waals surface area contributed by atoms with E-state index < -0.39 is 4.92 Å². The van der Waals surface area contributed by atoms with E-state index in [1.54, 1.807) is 36.7 Å². The highest BCUT2D eigenvalue weighted by molar-refractivity contribution is 5.83. The summed E-state index contributed by atoms with van der Waals surface area (Å²) in [6.07, 6.45) is 4.86. The minimum Gasteiger partial charge on any atom is -0.273 e. The number of hydrazone groups is 1. The molecule has 2 rings (SSSR count). The number of hydrogen-bond donors (Lipinski definition) is 1. The van der Waals surface area contributed by atoms with Crippen molar-refractivity contribution in [2.75, 3.05) is 0 Å². The smallest absolute Gasteiger partial charge is 0.269 e. The Morgan fingerprint density at radius 2 is 1.90 bits per heavy atom. The molecule has 1 amide bonds. The number of hydrogen-bond acceptors (Lipinski definition) is 5. The van der Waals surface area contributed by atoms with Crippen molar-refractivity contribution < 1.29 is 9.72 Å². The zero-order valence-electron chi connectivity index (χ0n) is 11.0. The van der Waals surface area contributed by atoms with Crippen LogP contribution >= 0.6 is 0 Å². The first-order valence-electron chi connectivity index (χ1n) is 6.10. The summed E-state index contributed by atoms with van der Waals surface area (Å²) in [6.45, 7) is 0. The third-order valence-corrected chi connectivity index (χ3v) is 2.62. The Hall–Kier alpha value is -3.09. The summed E-state index contributed by atoms with van der Waals surface area (Å²) >= 11 is 0. The Morgan fingerprint density at radius 3 is 2.52 bits per heavy atom. The molecule has 21 heavy (non-hydrogen) atoms. The van der Waals surface area contributed by atoms with Crippen LogP contribution in [0.2, 0.25) is 0 Å². The zero-order valence-corrected chi connectivity index (χ0v) is 11.0. The lowest BCUT2D eigenvalue weighted by Crippen LogP contribution is -2.19. The Labute approximate surface area is 120 Å². The normalized spacial score (nSPS) is 10.5. The van der Waals surface area contributed by atoms with Gasteiger partial charge in [-0.15, -0.1) is 0 Å². The minimum absolute atomic E-state index is 0.00475. The van der Waals surface area contributed by atoms with Gasteiger partial charge in [-0.1, -0.05) is 12.1 Å². The lowest BCUT2D eigenvalue weighted by molar-refractivity contribution is -0.384. The van der Waals surface area contributed by atoms with Crippen molar-refractivity contribution in [1.29, 1.82) is 0 Å². The van der Waals surface area contributed by atoms with Gasteiger partial charge in [0.05, 0.1) is 17.6 Å². The molecule has 0 radical (unpaired) electrons.